The number of nitrogens with one attached hydrogen (secondary N) is 2. The summed E-state index contributed by atoms with van der Waals surface area (Å²) in [6, 6.07) is 0. The van der Waals surface area contributed by atoms with Gasteiger partial charge in [-0.3, -0.25) is 4.99 Å². The zero-order valence-electron chi connectivity index (χ0n) is 15.6. The van der Waals surface area contributed by atoms with Gasteiger partial charge in [0, 0.05) is 40.5 Å². The van der Waals surface area contributed by atoms with Gasteiger partial charge in [0.15, 0.2) is 5.96 Å². The van der Waals surface area contributed by atoms with Crippen LogP contribution in [-0.4, -0.2) is 53.0 Å². The number of nitrogens with zero attached hydrogens (tertiary/aromatic N) is 1. The smallest absolute Gasteiger partial charge is 0.191 e. The van der Waals surface area contributed by atoms with Gasteiger partial charge in [-0.05, 0) is 37.0 Å². The second-order valence-corrected chi connectivity index (χ2v) is 7.10. The summed E-state index contributed by atoms with van der Waals surface area (Å²) in [7, 11) is 3.61. The van der Waals surface area contributed by atoms with Gasteiger partial charge in [0.25, 0.3) is 0 Å². The summed E-state index contributed by atoms with van der Waals surface area (Å²) in [6.07, 6.45) is 7.50. The summed E-state index contributed by atoms with van der Waals surface area (Å²) < 4.78 is 10.9. The van der Waals surface area contributed by atoms with Crippen LogP contribution in [0, 0.1) is 11.3 Å². The van der Waals surface area contributed by atoms with Crippen LogP contribution in [0.5, 0.6) is 0 Å². The van der Waals surface area contributed by atoms with E-state index < -0.39 is 0 Å². The van der Waals surface area contributed by atoms with Crippen molar-refractivity contribution in [3.05, 3.63) is 0 Å². The molecule has 5 heteroatoms. The molecular weight excluding hydrogens is 290 g/mol. The molecule has 1 rings (SSSR count). The molecule has 1 saturated carbocycles. The fourth-order valence-electron chi connectivity index (χ4n) is 3.11. The van der Waals surface area contributed by atoms with Crippen LogP contribution in [0.1, 0.15) is 52.4 Å². The third kappa shape index (κ3) is 8.56. The lowest BCUT2D eigenvalue weighted by molar-refractivity contribution is 0.127. The van der Waals surface area contributed by atoms with E-state index in [1.165, 1.54) is 25.7 Å². The predicted molar refractivity (Wildman–Crippen MR) is 97.0 cm³/mol. The maximum absolute atomic E-state index is 5.63. The first kappa shape index (κ1) is 20.2. The van der Waals surface area contributed by atoms with E-state index >= 15 is 0 Å². The van der Waals surface area contributed by atoms with E-state index in [9.17, 15) is 0 Å². The standard InChI is InChI=1S/C18H37N3O2/c1-16(2)7-12-23-14-11-20-17(19-3)21-15-18(10-13-22-4)8-5-6-9-18/h16H,5-15H2,1-4H3,(H2,19,20,21). The molecule has 1 aliphatic rings. The maximum atomic E-state index is 5.63. The lowest BCUT2D eigenvalue weighted by Crippen LogP contribution is -2.44. The molecule has 5 nitrogen and oxygen atoms in total. The zero-order chi connectivity index (χ0) is 17.0. The molecule has 0 spiro atoms. The summed E-state index contributed by atoms with van der Waals surface area (Å²) in [6.45, 7) is 8.61. The molecule has 0 atom stereocenters. The average Bonchev–Trinajstić information content (AvgIpc) is 3.00. The summed E-state index contributed by atoms with van der Waals surface area (Å²) in [5.74, 6) is 1.58. The van der Waals surface area contributed by atoms with Gasteiger partial charge in [0.05, 0.1) is 6.61 Å². The van der Waals surface area contributed by atoms with Crippen molar-refractivity contribution in [3.8, 4) is 0 Å². The van der Waals surface area contributed by atoms with Crippen LogP contribution in [0.2, 0.25) is 0 Å². The SMILES string of the molecule is CN=C(NCCOCCC(C)C)NCC1(CCOC)CCCC1. The molecule has 0 bridgehead atoms. The van der Waals surface area contributed by atoms with Gasteiger partial charge in [0.1, 0.15) is 0 Å². The Morgan fingerprint density at radius 2 is 1.87 bits per heavy atom. The Labute approximate surface area is 142 Å². The quantitative estimate of drug-likeness (QED) is 0.348. The van der Waals surface area contributed by atoms with Crippen LogP contribution in [0.4, 0.5) is 0 Å². The van der Waals surface area contributed by atoms with E-state index in [1.807, 2.05) is 7.05 Å². The van der Waals surface area contributed by atoms with Gasteiger partial charge < -0.3 is 20.1 Å². The monoisotopic (exact) mass is 327 g/mol. The van der Waals surface area contributed by atoms with E-state index in [0.29, 0.717) is 11.3 Å². The molecule has 2 N–H and O–H groups in total. The molecular formula is C18H37N3O2. The highest BCUT2D eigenvalue weighted by Gasteiger charge is 2.33. The summed E-state index contributed by atoms with van der Waals surface area (Å²) in [5.41, 5.74) is 0.376. The molecule has 1 aliphatic carbocycles. The molecule has 0 radical (unpaired) electrons. The minimum atomic E-state index is 0.376. The number of ether oxygens (including phenoxy) is 2. The number of methoxy groups -OCH3 is 1. The molecule has 0 aromatic rings. The number of guanidine groups is 1. The Morgan fingerprint density at radius 3 is 2.48 bits per heavy atom. The zero-order valence-corrected chi connectivity index (χ0v) is 15.6. The second-order valence-electron chi connectivity index (χ2n) is 7.10. The van der Waals surface area contributed by atoms with Gasteiger partial charge in [-0.25, -0.2) is 0 Å². The minimum absolute atomic E-state index is 0.376. The van der Waals surface area contributed by atoms with Crippen molar-refractivity contribution in [3.63, 3.8) is 0 Å². The molecule has 0 aromatic heterocycles. The number of rotatable bonds is 11. The molecule has 136 valence electrons. The molecule has 0 aromatic carbocycles. The molecule has 0 aliphatic heterocycles. The first-order valence-corrected chi connectivity index (χ1v) is 9.13. The van der Waals surface area contributed by atoms with Crippen LogP contribution in [-0.2, 0) is 9.47 Å². The van der Waals surface area contributed by atoms with Gasteiger partial charge in [0.2, 0.25) is 0 Å². The van der Waals surface area contributed by atoms with Crippen molar-refractivity contribution in [2.45, 2.75) is 52.4 Å². The van der Waals surface area contributed by atoms with E-state index in [0.717, 1.165) is 51.7 Å². The first-order chi connectivity index (χ1) is 11.1. The normalized spacial score (nSPS) is 17.7. The molecule has 0 heterocycles. The second kappa shape index (κ2) is 11.7. The summed E-state index contributed by atoms with van der Waals surface area (Å²) >= 11 is 0. The average molecular weight is 328 g/mol. The molecule has 1 fully saturated rings. The topological polar surface area (TPSA) is 54.9 Å². The highest BCUT2D eigenvalue weighted by Crippen LogP contribution is 2.40. The van der Waals surface area contributed by atoms with Crippen LogP contribution in [0.15, 0.2) is 4.99 Å². The number of aliphatic imine (C=N–C) groups is 1. The third-order valence-electron chi connectivity index (χ3n) is 4.73. The van der Waals surface area contributed by atoms with Crippen molar-refractivity contribution in [1.82, 2.24) is 10.6 Å². The number of hydrogen-bond donors (Lipinski definition) is 2. The van der Waals surface area contributed by atoms with E-state index in [4.69, 9.17) is 9.47 Å². The lowest BCUT2D eigenvalue weighted by atomic mass is 9.83. The predicted octanol–water partition coefficient (Wildman–Crippen LogP) is 2.81. The minimum Gasteiger partial charge on any atom is -0.385 e. The van der Waals surface area contributed by atoms with Crippen LogP contribution in [0.3, 0.4) is 0 Å². The van der Waals surface area contributed by atoms with E-state index in [1.54, 1.807) is 7.11 Å². The molecule has 23 heavy (non-hydrogen) atoms. The van der Waals surface area contributed by atoms with E-state index in [2.05, 4.69) is 29.5 Å². The van der Waals surface area contributed by atoms with Crippen molar-refractivity contribution in [2.24, 2.45) is 16.3 Å². The van der Waals surface area contributed by atoms with E-state index in [-0.39, 0.29) is 0 Å². The number of hydrogen-bond acceptors (Lipinski definition) is 3. The van der Waals surface area contributed by atoms with Crippen LogP contribution < -0.4 is 10.6 Å². The summed E-state index contributed by atoms with van der Waals surface area (Å²) in [5, 5.41) is 6.84. The lowest BCUT2D eigenvalue weighted by Gasteiger charge is -2.29. The van der Waals surface area contributed by atoms with Crippen molar-refractivity contribution in [2.75, 3.05) is 47.1 Å². The van der Waals surface area contributed by atoms with Crippen molar-refractivity contribution < 1.29 is 9.47 Å². The Bertz CT molecular complexity index is 326. The third-order valence-corrected chi connectivity index (χ3v) is 4.73. The van der Waals surface area contributed by atoms with Gasteiger partial charge in [-0.15, -0.1) is 0 Å². The van der Waals surface area contributed by atoms with Gasteiger partial charge >= 0.3 is 0 Å². The highest BCUT2D eigenvalue weighted by molar-refractivity contribution is 5.79. The largest absolute Gasteiger partial charge is 0.385 e. The van der Waals surface area contributed by atoms with Crippen molar-refractivity contribution >= 4 is 5.96 Å². The molecule has 0 amide bonds. The van der Waals surface area contributed by atoms with Crippen LogP contribution in [0.25, 0.3) is 0 Å². The Morgan fingerprint density at radius 1 is 1.13 bits per heavy atom. The maximum Gasteiger partial charge on any atom is 0.191 e. The van der Waals surface area contributed by atoms with Crippen molar-refractivity contribution in [1.29, 1.82) is 0 Å². The fraction of sp³-hybridized carbons (Fsp3) is 0.944. The van der Waals surface area contributed by atoms with Gasteiger partial charge in [-0.1, -0.05) is 26.7 Å². The fourth-order valence-corrected chi connectivity index (χ4v) is 3.11. The van der Waals surface area contributed by atoms with Crippen LogP contribution >= 0.6 is 0 Å². The molecule has 0 unspecified atom stereocenters. The first-order valence-electron chi connectivity index (χ1n) is 9.13. The highest BCUT2D eigenvalue weighted by atomic mass is 16.5. The summed E-state index contributed by atoms with van der Waals surface area (Å²) in [4.78, 5) is 4.31. The Balaban J connectivity index is 2.22. The Kier molecular flexibility index (Phi) is 10.3. The van der Waals surface area contributed by atoms with Gasteiger partial charge in [-0.2, -0.15) is 0 Å². The Hall–Kier alpha value is -0.810. The molecule has 0 saturated heterocycles.